The highest BCUT2D eigenvalue weighted by Crippen LogP contribution is 2.10. The molecule has 3 nitrogen and oxygen atoms in total. The third-order valence-corrected chi connectivity index (χ3v) is 2.16. The summed E-state index contributed by atoms with van der Waals surface area (Å²) in [5.74, 6) is 6.74. The summed E-state index contributed by atoms with van der Waals surface area (Å²) in [6.45, 7) is 1.43. The Morgan fingerprint density at radius 1 is 1.29 bits per heavy atom. The Morgan fingerprint density at radius 2 is 2.12 bits per heavy atom. The van der Waals surface area contributed by atoms with Crippen LogP contribution in [0.15, 0.2) is 18.5 Å². The summed E-state index contributed by atoms with van der Waals surface area (Å²) < 4.78 is 10.5. The van der Waals surface area contributed by atoms with Crippen molar-refractivity contribution in [1.29, 1.82) is 0 Å². The van der Waals surface area contributed by atoms with E-state index in [2.05, 4.69) is 16.8 Å². The quantitative estimate of drug-likeness (QED) is 0.443. The van der Waals surface area contributed by atoms with Crippen LogP contribution in [-0.4, -0.2) is 31.2 Å². The summed E-state index contributed by atoms with van der Waals surface area (Å²) in [6.07, 6.45) is 5.33. The molecule has 0 radical (unpaired) electrons. The van der Waals surface area contributed by atoms with Crippen LogP contribution in [0, 0.1) is 11.8 Å². The van der Waals surface area contributed by atoms with Crippen molar-refractivity contribution in [2.24, 2.45) is 0 Å². The molecule has 0 spiro atoms. The summed E-state index contributed by atoms with van der Waals surface area (Å²) in [6, 6.07) is 1.86. The van der Waals surface area contributed by atoms with Crippen molar-refractivity contribution >= 4 is 11.6 Å². The molecule has 0 aromatic carbocycles. The molecule has 17 heavy (non-hydrogen) atoms. The fourth-order valence-electron chi connectivity index (χ4n) is 1.24. The molecule has 0 N–H and O–H groups in total. The van der Waals surface area contributed by atoms with Gasteiger partial charge in [0.05, 0.1) is 18.7 Å². The third kappa shape index (κ3) is 6.15. The van der Waals surface area contributed by atoms with Crippen LogP contribution in [0.4, 0.5) is 0 Å². The number of ether oxygens (including phenoxy) is 2. The zero-order chi connectivity index (χ0) is 12.3. The standard InChI is InChI=1S/C13H16ClNO2/c1-16-7-2-3-8-17-13-9-12(5-4-6-14)10-15-11-13/h9-11H,2-3,6-8H2,1H3. The van der Waals surface area contributed by atoms with Crippen LogP contribution < -0.4 is 4.74 Å². The minimum Gasteiger partial charge on any atom is -0.492 e. The van der Waals surface area contributed by atoms with Gasteiger partial charge in [0.25, 0.3) is 0 Å². The Balaban J connectivity index is 2.38. The Morgan fingerprint density at radius 3 is 2.88 bits per heavy atom. The van der Waals surface area contributed by atoms with Crippen LogP contribution >= 0.6 is 11.6 Å². The molecule has 0 aliphatic rings. The Labute approximate surface area is 107 Å². The molecule has 0 fully saturated rings. The van der Waals surface area contributed by atoms with Crippen molar-refractivity contribution in [2.75, 3.05) is 26.2 Å². The summed E-state index contributed by atoms with van der Waals surface area (Å²) in [5, 5.41) is 0. The predicted molar refractivity (Wildman–Crippen MR) is 68.4 cm³/mol. The number of unbranched alkanes of at least 4 members (excludes halogenated alkanes) is 1. The summed E-state index contributed by atoms with van der Waals surface area (Å²) >= 11 is 5.49. The van der Waals surface area contributed by atoms with Gasteiger partial charge in [0.1, 0.15) is 5.75 Å². The maximum absolute atomic E-state index is 5.55. The first kappa shape index (κ1) is 13.8. The van der Waals surface area contributed by atoms with Gasteiger partial charge in [-0.05, 0) is 18.9 Å². The van der Waals surface area contributed by atoms with E-state index in [-0.39, 0.29) is 0 Å². The van der Waals surface area contributed by atoms with Crippen LogP contribution in [-0.2, 0) is 4.74 Å². The highest BCUT2D eigenvalue weighted by atomic mass is 35.5. The Bertz CT molecular complexity index is 384. The predicted octanol–water partition coefficient (Wildman–Crippen LogP) is 2.48. The van der Waals surface area contributed by atoms with Gasteiger partial charge in [-0.15, -0.1) is 11.6 Å². The van der Waals surface area contributed by atoms with Gasteiger partial charge in [0.15, 0.2) is 0 Å². The minimum atomic E-state index is 0.322. The summed E-state index contributed by atoms with van der Waals surface area (Å²) in [5.41, 5.74) is 0.819. The fourth-order valence-corrected chi connectivity index (χ4v) is 1.31. The third-order valence-electron chi connectivity index (χ3n) is 2.02. The van der Waals surface area contributed by atoms with Crippen LogP contribution in [0.5, 0.6) is 5.75 Å². The van der Waals surface area contributed by atoms with E-state index in [9.17, 15) is 0 Å². The second-order valence-electron chi connectivity index (χ2n) is 3.39. The van der Waals surface area contributed by atoms with Crippen molar-refractivity contribution in [3.63, 3.8) is 0 Å². The van der Waals surface area contributed by atoms with E-state index < -0.39 is 0 Å². The van der Waals surface area contributed by atoms with Gasteiger partial charge < -0.3 is 9.47 Å². The molecule has 0 unspecified atom stereocenters. The average Bonchev–Trinajstić information content (AvgIpc) is 2.37. The molecule has 92 valence electrons. The number of alkyl halides is 1. The van der Waals surface area contributed by atoms with Crippen LogP contribution in [0.3, 0.4) is 0 Å². The smallest absolute Gasteiger partial charge is 0.138 e. The van der Waals surface area contributed by atoms with Gasteiger partial charge in [-0.3, -0.25) is 4.98 Å². The Hall–Kier alpha value is -1.24. The highest BCUT2D eigenvalue weighted by molar-refractivity contribution is 6.19. The molecule has 0 atom stereocenters. The molecular formula is C13H16ClNO2. The fraction of sp³-hybridized carbons (Fsp3) is 0.462. The van der Waals surface area contributed by atoms with E-state index in [0.717, 1.165) is 30.8 Å². The number of rotatable bonds is 6. The van der Waals surface area contributed by atoms with Crippen LogP contribution in [0.2, 0.25) is 0 Å². The van der Waals surface area contributed by atoms with Gasteiger partial charge in [0, 0.05) is 25.5 Å². The van der Waals surface area contributed by atoms with Gasteiger partial charge >= 0.3 is 0 Å². The van der Waals surface area contributed by atoms with Crippen LogP contribution in [0.25, 0.3) is 0 Å². The molecule has 1 aromatic heterocycles. The first-order valence-electron chi connectivity index (χ1n) is 5.48. The van der Waals surface area contributed by atoms with Gasteiger partial charge in [-0.1, -0.05) is 11.8 Å². The number of halogens is 1. The molecular weight excluding hydrogens is 238 g/mol. The molecule has 0 saturated carbocycles. The van der Waals surface area contributed by atoms with Crippen molar-refractivity contribution in [3.8, 4) is 17.6 Å². The van der Waals surface area contributed by atoms with Crippen LogP contribution in [0.1, 0.15) is 18.4 Å². The lowest BCUT2D eigenvalue weighted by molar-refractivity contribution is 0.184. The molecule has 1 aromatic rings. The minimum absolute atomic E-state index is 0.322. The maximum atomic E-state index is 5.55. The number of aromatic nitrogens is 1. The molecule has 0 aliphatic heterocycles. The molecule has 1 heterocycles. The van der Waals surface area contributed by atoms with E-state index in [1.54, 1.807) is 19.5 Å². The topological polar surface area (TPSA) is 31.4 Å². The molecule has 0 amide bonds. The van der Waals surface area contributed by atoms with E-state index in [1.165, 1.54) is 0 Å². The average molecular weight is 254 g/mol. The van der Waals surface area contributed by atoms with Gasteiger partial charge in [0.2, 0.25) is 0 Å². The van der Waals surface area contributed by atoms with E-state index in [0.29, 0.717) is 12.5 Å². The number of methoxy groups -OCH3 is 1. The summed E-state index contributed by atoms with van der Waals surface area (Å²) in [4.78, 5) is 4.06. The number of nitrogens with zero attached hydrogens (tertiary/aromatic N) is 1. The lowest BCUT2D eigenvalue weighted by atomic mass is 10.3. The molecule has 0 saturated heterocycles. The van der Waals surface area contributed by atoms with Crippen molar-refractivity contribution < 1.29 is 9.47 Å². The van der Waals surface area contributed by atoms with Crippen molar-refractivity contribution in [2.45, 2.75) is 12.8 Å². The largest absolute Gasteiger partial charge is 0.492 e. The molecule has 4 heteroatoms. The van der Waals surface area contributed by atoms with E-state index in [1.807, 2.05) is 6.07 Å². The van der Waals surface area contributed by atoms with Gasteiger partial charge in [-0.25, -0.2) is 0 Å². The molecule has 0 bridgehead atoms. The van der Waals surface area contributed by atoms with E-state index in [4.69, 9.17) is 21.1 Å². The normalized spacial score (nSPS) is 9.53. The zero-order valence-corrected chi connectivity index (χ0v) is 10.7. The van der Waals surface area contributed by atoms with Crippen molar-refractivity contribution in [1.82, 2.24) is 4.98 Å². The van der Waals surface area contributed by atoms with Crippen molar-refractivity contribution in [3.05, 3.63) is 24.0 Å². The Kier molecular flexibility index (Phi) is 7.20. The van der Waals surface area contributed by atoms with E-state index >= 15 is 0 Å². The second kappa shape index (κ2) is 8.86. The lowest BCUT2D eigenvalue weighted by Crippen LogP contribution is -2.00. The maximum Gasteiger partial charge on any atom is 0.138 e. The summed E-state index contributed by atoms with van der Waals surface area (Å²) in [7, 11) is 1.70. The zero-order valence-electron chi connectivity index (χ0n) is 9.91. The lowest BCUT2D eigenvalue weighted by Gasteiger charge is -2.05. The molecule has 0 aliphatic carbocycles. The molecule has 1 rings (SSSR count). The number of hydrogen-bond donors (Lipinski definition) is 0. The monoisotopic (exact) mass is 253 g/mol. The first-order valence-corrected chi connectivity index (χ1v) is 6.02. The first-order chi connectivity index (χ1) is 8.36. The van der Waals surface area contributed by atoms with Gasteiger partial charge in [-0.2, -0.15) is 0 Å². The number of pyridine rings is 1. The second-order valence-corrected chi connectivity index (χ2v) is 3.66. The highest BCUT2D eigenvalue weighted by Gasteiger charge is 1.96. The SMILES string of the molecule is COCCCCOc1cncc(C#CCCl)c1. The number of hydrogen-bond acceptors (Lipinski definition) is 3.